The normalized spacial score (nSPS) is 20.1. The Morgan fingerprint density at radius 2 is 2.10 bits per heavy atom. The molecule has 0 saturated carbocycles. The van der Waals surface area contributed by atoms with E-state index in [0.29, 0.717) is 5.56 Å². The molecule has 2 rings (SSSR count). The SMILES string of the molecule is CCC1CCCCCN1C(=O)c1cccc(S(=O)(=O)Cl)c1. The molecule has 0 spiro atoms. The second-order valence-electron chi connectivity index (χ2n) is 5.38. The molecule has 1 atom stereocenters. The highest BCUT2D eigenvalue weighted by molar-refractivity contribution is 8.13. The monoisotopic (exact) mass is 329 g/mol. The molecular weight excluding hydrogens is 310 g/mol. The van der Waals surface area contributed by atoms with Crippen molar-refractivity contribution in [3.8, 4) is 0 Å². The summed E-state index contributed by atoms with van der Waals surface area (Å²) in [6, 6.07) is 6.20. The summed E-state index contributed by atoms with van der Waals surface area (Å²) >= 11 is 0. The zero-order valence-corrected chi connectivity index (χ0v) is 13.7. The Balaban J connectivity index is 2.30. The zero-order valence-electron chi connectivity index (χ0n) is 12.1. The Kier molecular flexibility index (Phi) is 5.27. The minimum absolute atomic E-state index is 0.0297. The Hall–Kier alpha value is -1.07. The van der Waals surface area contributed by atoms with Gasteiger partial charge in [-0.1, -0.05) is 25.8 Å². The van der Waals surface area contributed by atoms with E-state index in [1.807, 2.05) is 4.90 Å². The summed E-state index contributed by atoms with van der Waals surface area (Å²) in [5.74, 6) is -0.106. The number of rotatable bonds is 3. The van der Waals surface area contributed by atoms with Crippen molar-refractivity contribution < 1.29 is 13.2 Å². The van der Waals surface area contributed by atoms with Gasteiger partial charge in [-0.3, -0.25) is 4.79 Å². The fraction of sp³-hybridized carbons (Fsp3) is 0.533. The van der Waals surface area contributed by atoms with Crippen LogP contribution in [0.5, 0.6) is 0 Å². The molecule has 4 nitrogen and oxygen atoms in total. The lowest BCUT2D eigenvalue weighted by Gasteiger charge is -2.29. The molecule has 1 unspecified atom stereocenters. The maximum absolute atomic E-state index is 12.7. The van der Waals surface area contributed by atoms with E-state index in [-0.39, 0.29) is 16.8 Å². The molecule has 0 bridgehead atoms. The third-order valence-corrected chi connectivity index (χ3v) is 5.32. The fourth-order valence-corrected chi connectivity index (χ4v) is 3.61. The first-order valence-electron chi connectivity index (χ1n) is 7.29. The lowest BCUT2D eigenvalue weighted by molar-refractivity contribution is 0.0678. The molecule has 6 heteroatoms. The highest BCUT2D eigenvalue weighted by Gasteiger charge is 2.25. The van der Waals surface area contributed by atoms with Crippen molar-refractivity contribution in [1.29, 1.82) is 0 Å². The zero-order chi connectivity index (χ0) is 15.5. The van der Waals surface area contributed by atoms with Crippen LogP contribution in [-0.2, 0) is 9.05 Å². The van der Waals surface area contributed by atoms with Crippen LogP contribution in [0.25, 0.3) is 0 Å². The van der Waals surface area contributed by atoms with E-state index in [1.165, 1.54) is 12.1 Å². The smallest absolute Gasteiger partial charge is 0.261 e. The van der Waals surface area contributed by atoms with E-state index in [4.69, 9.17) is 10.7 Å². The van der Waals surface area contributed by atoms with Crippen LogP contribution in [0.3, 0.4) is 0 Å². The summed E-state index contributed by atoms with van der Waals surface area (Å²) in [6.45, 7) is 2.81. The minimum Gasteiger partial charge on any atom is -0.336 e. The molecule has 0 radical (unpaired) electrons. The Morgan fingerprint density at radius 3 is 2.76 bits per heavy atom. The molecule has 1 aromatic rings. The summed E-state index contributed by atoms with van der Waals surface area (Å²) in [6.07, 6.45) is 5.19. The molecule has 1 aliphatic rings. The second-order valence-corrected chi connectivity index (χ2v) is 7.94. The molecule has 1 aromatic carbocycles. The van der Waals surface area contributed by atoms with E-state index in [1.54, 1.807) is 12.1 Å². The number of hydrogen-bond acceptors (Lipinski definition) is 3. The van der Waals surface area contributed by atoms with Gasteiger partial charge in [-0.15, -0.1) is 0 Å². The van der Waals surface area contributed by atoms with Crippen molar-refractivity contribution in [2.24, 2.45) is 0 Å². The van der Waals surface area contributed by atoms with Crippen molar-refractivity contribution in [2.45, 2.75) is 50.0 Å². The van der Waals surface area contributed by atoms with Crippen LogP contribution in [0.1, 0.15) is 49.4 Å². The number of halogens is 1. The van der Waals surface area contributed by atoms with Crippen molar-refractivity contribution in [3.05, 3.63) is 29.8 Å². The van der Waals surface area contributed by atoms with Gasteiger partial charge in [0.05, 0.1) is 4.90 Å². The molecule has 0 aliphatic carbocycles. The van der Waals surface area contributed by atoms with Crippen molar-refractivity contribution in [1.82, 2.24) is 4.90 Å². The molecule has 1 fully saturated rings. The lowest BCUT2D eigenvalue weighted by Crippen LogP contribution is -2.39. The molecule has 1 amide bonds. The van der Waals surface area contributed by atoms with Crippen LogP contribution < -0.4 is 0 Å². The Labute approximate surface area is 130 Å². The third-order valence-electron chi connectivity index (χ3n) is 3.97. The topological polar surface area (TPSA) is 54.5 Å². The van der Waals surface area contributed by atoms with Crippen molar-refractivity contribution >= 4 is 25.6 Å². The first-order valence-corrected chi connectivity index (χ1v) is 9.60. The summed E-state index contributed by atoms with van der Waals surface area (Å²) in [7, 11) is 1.54. The molecule has 116 valence electrons. The number of carbonyl (C=O) groups excluding carboxylic acids is 1. The van der Waals surface area contributed by atoms with Gasteiger partial charge >= 0.3 is 0 Å². The van der Waals surface area contributed by atoms with E-state index in [0.717, 1.165) is 38.6 Å². The van der Waals surface area contributed by atoms with Gasteiger partial charge in [-0.25, -0.2) is 8.42 Å². The predicted octanol–water partition coefficient (Wildman–Crippen LogP) is 3.41. The number of benzene rings is 1. The van der Waals surface area contributed by atoms with Crippen LogP contribution in [0.2, 0.25) is 0 Å². The van der Waals surface area contributed by atoms with E-state index in [9.17, 15) is 13.2 Å². The molecule has 1 saturated heterocycles. The van der Waals surface area contributed by atoms with Crippen LogP contribution in [-0.4, -0.2) is 31.8 Å². The Morgan fingerprint density at radius 1 is 1.33 bits per heavy atom. The maximum Gasteiger partial charge on any atom is 0.261 e. The van der Waals surface area contributed by atoms with Crippen LogP contribution >= 0.6 is 10.7 Å². The molecule has 0 aromatic heterocycles. The van der Waals surface area contributed by atoms with Crippen LogP contribution in [0.15, 0.2) is 29.2 Å². The number of hydrogen-bond donors (Lipinski definition) is 0. The van der Waals surface area contributed by atoms with Gasteiger partial charge in [-0.2, -0.15) is 0 Å². The third kappa shape index (κ3) is 3.98. The van der Waals surface area contributed by atoms with E-state index >= 15 is 0 Å². The summed E-state index contributed by atoms with van der Waals surface area (Å²) in [4.78, 5) is 14.5. The van der Waals surface area contributed by atoms with E-state index in [2.05, 4.69) is 6.92 Å². The van der Waals surface area contributed by atoms with Gasteiger partial charge < -0.3 is 4.90 Å². The quantitative estimate of drug-likeness (QED) is 0.798. The predicted molar refractivity (Wildman–Crippen MR) is 83.1 cm³/mol. The molecule has 1 aliphatic heterocycles. The minimum atomic E-state index is -3.81. The van der Waals surface area contributed by atoms with Gasteiger partial charge in [0.2, 0.25) is 0 Å². The van der Waals surface area contributed by atoms with Gasteiger partial charge in [0, 0.05) is 28.8 Å². The summed E-state index contributed by atoms with van der Waals surface area (Å²) < 4.78 is 22.8. The number of nitrogens with zero attached hydrogens (tertiary/aromatic N) is 1. The number of carbonyl (C=O) groups is 1. The first kappa shape index (κ1) is 16.3. The van der Waals surface area contributed by atoms with Crippen LogP contribution in [0.4, 0.5) is 0 Å². The van der Waals surface area contributed by atoms with E-state index < -0.39 is 9.05 Å². The van der Waals surface area contributed by atoms with Gasteiger partial charge in [0.1, 0.15) is 0 Å². The molecular formula is C15H20ClNO3S. The average Bonchev–Trinajstić information content (AvgIpc) is 2.70. The maximum atomic E-state index is 12.7. The fourth-order valence-electron chi connectivity index (χ4n) is 2.82. The van der Waals surface area contributed by atoms with Crippen molar-refractivity contribution in [2.75, 3.05) is 6.54 Å². The lowest BCUT2D eigenvalue weighted by atomic mass is 10.1. The highest BCUT2D eigenvalue weighted by atomic mass is 35.7. The summed E-state index contributed by atoms with van der Waals surface area (Å²) in [5.41, 5.74) is 0.386. The second kappa shape index (κ2) is 6.79. The summed E-state index contributed by atoms with van der Waals surface area (Å²) in [5, 5.41) is 0. The van der Waals surface area contributed by atoms with Crippen LogP contribution in [0, 0.1) is 0 Å². The van der Waals surface area contributed by atoms with Gasteiger partial charge in [-0.05, 0) is 37.5 Å². The molecule has 1 heterocycles. The average molecular weight is 330 g/mol. The standard InChI is InChI=1S/C15H20ClNO3S/c1-2-13-8-4-3-5-10-17(13)15(18)12-7-6-9-14(11-12)21(16,19)20/h6-7,9,11,13H,2-5,8,10H2,1H3. The van der Waals surface area contributed by atoms with Gasteiger partial charge in [0.15, 0.2) is 0 Å². The number of likely N-dealkylation sites (tertiary alicyclic amines) is 1. The largest absolute Gasteiger partial charge is 0.336 e. The van der Waals surface area contributed by atoms with Crippen molar-refractivity contribution in [3.63, 3.8) is 0 Å². The molecule has 21 heavy (non-hydrogen) atoms. The highest BCUT2D eigenvalue weighted by Crippen LogP contribution is 2.23. The molecule has 0 N–H and O–H groups in total. The Bertz CT molecular complexity index is 615. The van der Waals surface area contributed by atoms with Gasteiger partial charge in [0.25, 0.3) is 15.0 Å². The first-order chi connectivity index (χ1) is 9.93. The number of amides is 1.